The van der Waals surface area contributed by atoms with Gasteiger partial charge in [0.05, 0.1) is 0 Å². The molecule has 0 aliphatic heterocycles. The number of carbonyl (C=O) groups excluding carboxylic acids is 1. The minimum absolute atomic E-state index is 0.0539. The third-order valence-corrected chi connectivity index (χ3v) is 7.94. The Labute approximate surface area is 182 Å². The molecule has 0 radical (unpaired) electrons. The summed E-state index contributed by atoms with van der Waals surface area (Å²) < 4.78 is 3.52. The molecule has 29 heavy (non-hydrogen) atoms. The van der Waals surface area contributed by atoms with Crippen LogP contribution >= 0.6 is 11.6 Å². The van der Waals surface area contributed by atoms with Gasteiger partial charge in [0.15, 0.2) is 0 Å². The van der Waals surface area contributed by atoms with Crippen molar-refractivity contribution in [2.75, 3.05) is 13.6 Å². The third-order valence-electron chi connectivity index (χ3n) is 5.45. The molecule has 4 rings (SSSR count). The molecule has 152 valence electrons. The van der Waals surface area contributed by atoms with E-state index < -0.39 is 0 Å². The maximum atomic E-state index is 13.3. The van der Waals surface area contributed by atoms with Crippen molar-refractivity contribution in [1.29, 1.82) is 0 Å². The first-order valence-electron chi connectivity index (χ1n) is 10.1. The van der Waals surface area contributed by atoms with Crippen molar-refractivity contribution in [3.8, 4) is 0 Å². The van der Waals surface area contributed by atoms with Gasteiger partial charge in [-0.15, -0.1) is 0 Å². The van der Waals surface area contributed by atoms with Crippen LogP contribution in [0.1, 0.15) is 48.6 Å². The van der Waals surface area contributed by atoms with Gasteiger partial charge < -0.3 is 0 Å². The summed E-state index contributed by atoms with van der Waals surface area (Å²) in [7, 11) is 1.90. The van der Waals surface area contributed by atoms with Gasteiger partial charge in [0.2, 0.25) is 0 Å². The summed E-state index contributed by atoms with van der Waals surface area (Å²) in [6, 6.07) is 12.8. The number of halogens is 1. The van der Waals surface area contributed by atoms with Crippen molar-refractivity contribution in [2.45, 2.75) is 43.5 Å². The van der Waals surface area contributed by atoms with E-state index in [0.29, 0.717) is 26.7 Å². The molecule has 1 aliphatic rings. The molecule has 0 bridgehead atoms. The first-order valence-corrected chi connectivity index (χ1v) is 12.5. The van der Waals surface area contributed by atoms with Crippen molar-refractivity contribution in [1.82, 2.24) is 19.4 Å². The first-order chi connectivity index (χ1) is 14.1. The van der Waals surface area contributed by atoms with E-state index in [1.54, 1.807) is 6.20 Å². The SMILES string of the molecule is CN(CCC[Se]c1ccccc1)C(=O)c1cc2cnc(Cl)nc2n1C1CCCC1. The van der Waals surface area contributed by atoms with Crippen LogP contribution < -0.4 is 4.46 Å². The normalized spacial score (nSPS) is 14.6. The summed E-state index contributed by atoms with van der Waals surface area (Å²) >= 11 is 6.51. The van der Waals surface area contributed by atoms with Crippen LogP contribution in [0.4, 0.5) is 0 Å². The third kappa shape index (κ3) is 4.66. The fraction of sp³-hybridized carbons (Fsp3) is 0.409. The minimum atomic E-state index is 0.0539. The summed E-state index contributed by atoms with van der Waals surface area (Å²) in [5.74, 6) is 0.0539. The topological polar surface area (TPSA) is 51.0 Å². The summed E-state index contributed by atoms with van der Waals surface area (Å²) in [4.78, 5) is 23.7. The van der Waals surface area contributed by atoms with E-state index in [0.717, 1.165) is 42.2 Å². The number of rotatable bonds is 7. The Hall–Kier alpha value is -1.88. The van der Waals surface area contributed by atoms with E-state index in [1.165, 1.54) is 17.3 Å². The van der Waals surface area contributed by atoms with Crippen LogP contribution in [0, 0.1) is 0 Å². The van der Waals surface area contributed by atoms with Crippen molar-refractivity contribution in [3.05, 3.63) is 53.6 Å². The second-order valence-electron chi connectivity index (χ2n) is 7.50. The number of carbonyl (C=O) groups is 1. The van der Waals surface area contributed by atoms with E-state index in [2.05, 4.69) is 38.8 Å². The number of fused-ring (bicyclic) bond motifs is 1. The molecule has 1 amide bonds. The van der Waals surface area contributed by atoms with Gasteiger partial charge in [-0.3, -0.25) is 0 Å². The maximum absolute atomic E-state index is 13.3. The zero-order valence-electron chi connectivity index (χ0n) is 16.6. The number of amides is 1. The molecule has 1 fully saturated rings. The van der Waals surface area contributed by atoms with Crippen LogP contribution in [-0.4, -0.2) is 53.9 Å². The second kappa shape index (κ2) is 9.29. The number of hydrogen-bond acceptors (Lipinski definition) is 3. The Morgan fingerprint density at radius 2 is 2.03 bits per heavy atom. The van der Waals surface area contributed by atoms with Crippen molar-refractivity contribution in [3.63, 3.8) is 0 Å². The van der Waals surface area contributed by atoms with E-state index in [4.69, 9.17) is 11.6 Å². The van der Waals surface area contributed by atoms with E-state index in [-0.39, 0.29) is 11.2 Å². The average Bonchev–Trinajstić information content (AvgIpc) is 3.38. The molecule has 0 unspecified atom stereocenters. The number of nitrogens with zero attached hydrogens (tertiary/aromatic N) is 4. The Bertz CT molecular complexity index is 985. The zero-order chi connectivity index (χ0) is 20.2. The van der Waals surface area contributed by atoms with E-state index in [9.17, 15) is 4.79 Å². The first kappa shape index (κ1) is 20.4. The number of benzene rings is 1. The van der Waals surface area contributed by atoms with E-state index >= 15 is 0 Å². The van der Waals surface area contributed by atoms with Gasteiger partial charge in [-0.1, -0.05) is 0 Å². The molecule has 1 aromatic carbocycles. The van der Waals surface area contributed by atoms with Crippen molar-refractivity contribution >= 4 is 48.0 Å². The van der Waals surface area contributed by atoms with Crippen molar-refractivity contribution < 1.29 is 4.79 Å². The Balaban J connectivity index is 1.47. The molecule has 0 spiro atoms. The molecule has 0 saturated heterocycles. The molecular weight excluding hydrogens is 451 g/mol. The molecule has 0 N–H and O–H groups in total. The van der Waals surface area contributed by atoms with Crippen LogP contribution in [0.15, 0.2) is 42.6 Å². The molecule has 2 aromatic heterocycles. The summed E-state index contributed by atoms with van der Waals surface area (Å²) in [5, 5.41) is 2.23. The van der Waals surface area contributed by atoms with Crippen LogP contribution in [0.2, 0.25) is 10.6 Å². The van der Waals surface area contributed by atoms with Crippen LogP contribution in [0.3, 0.4) is 0 Å². The Kier molecular flexibility index (Phi) is 6.53. The number of hydrogen-bond donors (Lipinski definition) is 0. The Morgan fingerprint density at radius 1 is 1.28 bits per heavy atom. The summed E-state index contributed by atoms with van der Waals surface area (Å²) in [6.45, 7) is 0.756. The Morgan fingerprint density at radius 3 is 2.79 bits per heavy atom. The molecular formula is C22H25ClN4OSe. The van der Waals surface area contributed by atoms with Crippen LogP contribution in [0.25, 0.3) is 11.0 Å². The quantitative estimate of drug-likeness (QED) is 0.293. The molecule has 5 nitrogen and oxygen atoms in total. The van der Waals surface area contributed by atoms with Gasteiger partial charge in [-0.25, -0.2) is 0 Å². The molecule has 1 saturated carbocycles. The fourth-order valence-corrected chi connectivity index (χ4v) is 5.92. The number of aromatic nitrogens is 3. The average molecular weight is 476 g/mol. The van der Waals surface area contributed by atoms with Gasteiger partial charge >= 0.3 is 183 Å². The molecule has 3 aromatic rings. The monoisotopic (exact) mass is 476 g/mol. The second-order valence-corrected chi connectivity index (χ2v) is 10.3. The predicted octanol–water partition coefficient (Wildman–Crippen LogP) is 4.11. The van der Waals surface area contributed by atoms with Gasteiger partial charge in [0.1, 0.15) is 0 Å². The standard InChI is InChI=1S/C22H25ClN4OSe/c1-26(12-7-13-29-18-10-3-2-4-11-18)21(28)19-14-16-15-24-22(23)25-20(16)27(19)17-8-5-6-9-17/h2-4,10-11,14-15,17H,5-9,12-13H2,1H3. The predicted molar refractivity (Wildman–Crippen MR) is 118 cm³/mol. The van der Waals surface area contributed by atoms with Gasteiger partial charge in [0.25, 0.3) is 0 Å². The van der Waals surface area contributed by atoms with Crippen LogP contribution in [-0.2, 0) is 0 Å². The molecule has 0 atom stereocenters. The van der Waals surface area contributed by atoms with E-state index in [1.807, 2.05) is 24.1 Å². The summed E-state index contributed by atoms with van der Waals surface area (Å²) in [5.41, 5.74) is 1.49. The van der Waals surface area contributed by atoms with Gasteiger partial charge in [-0.2, -0.15) is 0 Å². The van der Waals surface area contributed by atoms with Crippen LogP contribution in [0.5, 0.6) is 0 Å². The molecule has 2 heterocycles. The van der Waals surface area contributed by atoms with Crippen molar-refractivity contribution in [2.24, 2.45) is 0 Å². The summed E-state index contributed by atoms with van der Waals surface area (Å²) in [6.07, 6.45) is 7.26. The fourth-order valence-electron chi connectivity index (χ4n) is 3.99. The molecule has 7 heteroatoms. The zero-order valence-corrected chi connectivity index (χ0v) is 19.0. The molecule has 1 aliphatic carbocycles. The van der Waals surface area contributed by atoms with Gasteiger partial charge in [0, 0.05) is 0 Å². The van der Waals surface area contributed by atoms with Gasteiger partial charge in [-0.05, 0) is 0 Å².